The molecule has 0 atom stereocenters. The summed E-state index contributed by atoms with van der Waals surface area (Å²) in [5.41, 5.74) is 1.74. The summed E-state index contributed by atoms with van der Waals surface area (Å²) in [6.45, 7) is 0. The Labute approximate surface area is 105 Å². The molecule has 2 heterocycles. The zero-order valence-electron chi connectivity index (χ0n) is 9.53. The first-order chi connectivity index (χ1) is 9.22. The molecular weight excluding hydrogens is 248 g/mol. The SMILES string of the molecule is O=c1ccc(N=Nc2ccc3n[nH]nc3c2)c(O)[nH]1. The minimum atomic E-state index is -0.402. The Morgan fingerprint density at radius 3 is 2.74 bits per heavy atom. The van der Waals surface area contributed by atoms with Gasteiger partial charge in [-0.3, -0.25) is 9.78 Å². The maximum absolute atomic E-state index is 10.9. The third kappa shape index (κ3) is 2.18. The van der Waals surface area contributed by atoms with E-state index in [1.54, 1.807) is 18.2 Å². The molecule has 3 N–H and O–H groups in total. The van der Waals surface area contributed by atoms with Gasteiger partial charge in [-0.15, -0.1) is 5.11 Å². The maximum atomic E-state index is 10.9. The molecule has 0 unspecified atom stereocenters. The summed E-state index contributed by atoms with van der Waals surface area (Å²) in [7, 11) is 0. The Kier molecular flexibility index (Phi) is 2.53. The second-order valence-corrected chi connectivity index (χ2v) is 3.75. The minimum Gasteiger partial charge on any atom is -0.493 e. The number of nitrogens with zero attached hydrogens (tertiary/aromatic N) is 4. The lowest BCUT2D eigenvalue weighted by Gasteiger charge is -1.95. The van der Waals surface area contributed by atoms with Gasteiger partial charge in [0.15, 0.2) is 0 Å². The summed E-state index contributed by atoms with van der Waals surface area (Å²) in [6, 6.07) is 7.81. The molecule has 0 saturated heterocycles. The monoisotopic (exact) mass is 256 g/mol. The van der Waals surface area contributed by atoms with Crippen molar-refractivity contribution in [1.82, 2.24) is 20.4 Å². The van der Waals surface area contributed by atoms with Crippen LogP contribution in [0.5, 0.6) is 5.88 Å². The van der Waals surface area contributed by atoms with Gasteiger partial charge in [0.05, 0.1) is 5.69 Å². The van der Waals surface area contributed by atoms with E-state index in [2.05, 4.69) is 30.6 Å². The standard InChI is InChI=1S/C11H8N6O2/c18-10-4-3-8(11(19)12-10)14-13-6-1-2-7-9(5-6)16-17-15-7/h1-5H,(H2,12,18,19)(H,15,16,17). The maximum Gasteiger partial charge on any atom is 0.250 e. The van der Waals surface area contributed by atoms with E-state index in [-0.39, 0.29) is 11.6 Å². The van der Waals surface area contributed by atoms with E-state index in [0.717, 1.165) is 5.52 Å². The largest absolute Gasteiger partial charge is 0.493 e. The molecule has 0 spiro atoms. The quantitative estimate of drug-likeness (QED) is 0.605. The van der Waals surface area contributed by atoms with Crippen LogP contribution in [0.4, 0.5) is 11.4 Å². The second-order valence-electron chi connectivity index (χ2n) is 3.75. The number of nitrogens with one attached hydrogen (secondary N) is 2. The highest BCUT2D eigenvalue weighted by Crippen LogP contribution is 2.25. The Bertz CT molecular complexity index is 819. The first-order valence-corrected chi connectivity index (χ1v) is 5.37. The van der Waals surface area contributed by atoms with Crippen molar-refractivity contribution in [2.24, 2.45) is 10.2 Å². The molecule has 19 heavy (non-hydrogen) atoms. The van der Waals surface area contributed by atoms with Crippen LogP contribution in [-0.2, 0) is 0 Å². The van der Waals surface area contributed by atoms with E-state index in [1.807, 2.05) is 0 Å². The number of hydrogen-bond donors (Lipinski definition) is 3. The average molecular weight is 256 g/mol. The Morgan fingerprint density at radius 2 is 1.89 bits per heavy atom. The predicted octanol–water partition coefficient (Wildman–Crippen LogP) is 1.77. The highest BCUT2D eigenvalue weighted by Gasteiger charge is 2.01. The first-order valence-electron chi connectivity index (χ1n) is 5.37. The number of aromatic amines is 2. The Morgan fingerprint density at radius 1 is 1.05 bits per heavy atom. The summed E-state index contributed by atoms with van der Waals surface area (Å²) in [6.07, 6.45) is 0. The van der Waals surface area contributed by atoms with E-state index in [1.165, 1.54) is 12.1 Å². The molecule has 0 bridgehead atoms. The van der Waals surface area contributed by atoms with E-state index in [4.69, 9.17) is 0 Å². The smallest absolute Gasteiger partial charge is 0.250 e. The zero-order valence-corrected chi connectivity index (χ0v) is 9.53. The number of pyridine rings is 1. The molecule has 3 rings (SSSR count). The van der Waals surface area contributed by atoms with Crippen molar-refractivity contribution >= 4 is 22.4 Å². The zero-order chi connectivity index (χ0) is 13.2. The van der Waals surface area contributed by atoms with Gasteiger partial charge in [-0.05, 0) is 24.3 Å². The summed E-state index contributed by atoms with van der Waals surface area (Å²) >= 11 is 0. The summed E-state index contributed by atoms with van der Waals surface area (Å²) in [4.78, 5) is 13.1. The molecule has 1 aromatic carbocycles. The third-order valence-electron chi connectivity index (χ3n) is 2.45. The molecule has 3 aromatic rings. The first kappa shape index (κ1) is 11.1. The molecule has 8 nitrogen and oxygen atoms in total. The Balaban J connectivity index is 1.94. The lowest BCUT2D eigenvalue weighted by molar-refractivity contribution is 0.453. The third-order valence-corrected chi connectivity index (χ3v) is 2.45. The molecule has 0 amide bonds. The predicted molar refractivity (Wildman–Crippen MR) is 66.8 cm³/mol. The summed E-state index contributed by atoms with van der Waals surface area (Å²) in [5, 5.41) is 27.6. The van der Waals surface area contributed by atoms with Crippen LogP contribution >= 0.6 is 0 Å². The van der Waals surface area contributed by atoms with Crippen molar-refractivity contribution in [3.05, 3.63) is 40.7 Å². The fourth-order valence-electron chi connectivity index (χ4n) is 1.54. The van der Waals surface area contributed by atoms with Crippen molar-refractivity contribution in [1.29, 1.82) is 0 Å². The van der Waals surface area contributed by atoms with Gasteiger partial charge in [-0.25, -0.2) is 0 Å². The van der Waals surface area contributed by atoms with Gasteiger partial charge in [0.25, 0.3) is 5.56 Å². The minimum absolute atomic E-state index is 0.180. The average Bonchev–Trinajstić information content (AvgIpc) is 2.85. The van der Waals surface area contributed by atoms with Gasteiger partial charge in [-0.1, -0.05) is 0 Å². The van der Waals surface area contributed by atoms with Crippen molar-refractivity contribution in [2.75, 3.05) is 0 Å². The van der Waals surface area contributed by atoms with Crippen molar-refractivity contribution < 1.29 is 5.11 Å². The molecular formula is C11H8N6O2. The van der Waals surface area contributed by atoms with Gasteiger partial charge in [0.1, 0.15) is 16.7 Å². The number of benzene rings is 1. The number of fused-ring (bicyclic) bond motifs is 1. The van der Waals surface area contributed by atoms with E-state index < -0.39 is 5.56 Å². The van der Waals surface area contributed by atoms with E-state index in [0.29, 0.717) is 11.2 Å². The van der Waals surface area contributed by atoms with Gasteiger partial charge >= 0.3 is 0 Å². The highest BCUT2D eigenvalue weighted by molar-refractivity contribution is 5.76. The van der Waals surface area contributed by atoms with Crippen LogP contribution < -0.4 is 5.56 Å². The van der Waals surface area contributed by atoms with Crippen LogP contribution in [-0.4, -0.2) is 25.5 Å². The topological polar surface area (TPSA) is 119 Å². The van der Waals surface area contributed by atoms with Gasteiger partial charge in [0.2, 0.25) is 5.88 Å². The normalized spacial score (nSPS) is 11.4. The van der Waals surface area contributed by atoms with Gasteiger partial charge < -0.3 is 5.11 Å². The second kappa shape index (κ2) is 4.33. The fraction of sp³-hybridized carbons (Fsp3) is 0. The van der Waals surface area contributed by atoms with Crippen molar-refractivity contribution in [3.8, 4) is 5.88 Å². The number of H-pyrrole nitrogens is 2. The lowest BCUT2D eigenvalue weighted by atomic mass is 10.3. The molecule has 0 saturated carbocycles. The van der Waals surface area contributed by atoms with Gasteiger partial charge in [0, 0.05) is 6.07 Å². The lowest BCUT2D eigenvalue weighted by Crippen LogP contribution is -2.00. The molecule has 0 aliphatic carbocycles. The summed E-state index contributed by atoms with van der Waals surface area (Å²) < 4.78 is 0. The number of rotatable bonds is 2. The van der Waals surface area contributed by atoms with E-state index >= 15 is 0 Å². The van der Waals surface area contributed by atoms with Crippen LogP contribution in [0.2, 0.25) is 0 Å². The van der Waals surface area contributed by atoms with Crippen LogP contribution in [0.25, 0.3) is 11.0 Å². The summed E-state index contributed by atoms with van der Waals surface area (Å²) in [5.74, 6) is -0.321. The molecule has 2 aromatic heterocycles. The molecule has 0 aliphatic rings. The Hall–Kier alpha value is -3.03. The molecule has 0 aliphatic heterocycles. The van der Waals surface area contributed by atoms with Crippen LogP contribution in [0, 0.1) is 0 Å². The molecule has 0 fully saturated rings. The highest BCUT2D eigenvalue weighted by atomic mass is 16.3. The van der Waals surface area contributed by atoms with Gasteiger partial charge in [-0.2, -0.15) is 20.5 Å². The van der Waals surface area contributed by atoms with Crippen LogP contribution in [0.15, 0.2) is 45.4 Å². The van der Waals surface area contributed by atoms with Crippen molar-refractivity contribution in [3.63, 3.8) is 0 Å². The molecule has 0 radical (unpaired) electrons. The van der Waals surface area contributed by atoms with Crippen LogP contribution in [0.3, 0.4) is 0 Å². The van der Waals surface area contributed by atoms with Crippen molar-refractivity contribution in [2.45, 2.75) is 0 Å². The number of aromatic hydroxyl groups is 1. The number of azo groups is 1. The van der Waals surface area contributed by atoms with Crippen LogP contribution in [0.1, 0.15) is 0 Å². The van der Waals surface area contributed by atoms with E-state index in [9.17, 15) is 9.90 Å². The fourth-order valence-corrected chi connectivity index (χ4v) is 1.54. The molecule has 8 heteroatoms. The number of hydrogen-bond acceptors (Lipinski definition) is 6. The molecule has 94 valence electrons. The number of aromatic nitrogens is 4.